The predicted molar refractivity (Wildman–Crippen MR) is 74.6 cm³/mol. The molecular weight excluding hydrogens is 282 g/mol. The van der Waals surface area contributed by atoms with Gasteiger partial charge in [-0.05, 0) is 19.1 Å². The average molecular weight is 299 g/mol. The Morgan fingerprint density at radius 3 is 2.90 bits per heavy atom. The Morgan fingerprint density at radius 1 is 1.55 bits per heavy atom. The number of aromatic nitrogens is 1. The summed E-state index contributed by atoms with van der Waals surface area (Å²) >= 11 is 1.77. The number of carbonyl (C=O) groups is 2. The molecule has 1 saturated heterocycles. The lowest BCUT2D eigenvalue weighted by molar-refractivity contribution is -0.136. The molecule has 2 rings (SSSR count). The van der Waals surface area contributed by atoms with E-state index in [-0.39, 0.29) is 11.4 Å². The zero-order valence-corrected chi connectivity index (χ0v) is 12.2. The number of rotatable bonds is 4. The summed E-state index contributed by atoms with van der Waals surface area (Å²) in [6, 6.07) is 1.54. The number of nitrogens with one attached hydrogen (secondary N) is 2. The molecule has 2 amide bonds. The van der Waals surface area contributed by atoms with E-state index in [0.717, 1.165) is 17.9 Å². The second-order valence-electron chi connectivity index (χ2n) is 4.65. The molecule has 0 radical (unpaired) electrons. The molecule has 1 aromatic rings. The van der Waals surface area contributed by atoms with Gasteiger partial charge in [-0.3, -0.25) is 14.9 Å². The van der Waals surface area contributed by atoms with Gasteiger partial charge in [0.05, 0.1) is 5.60 Å². The van der Waals surface area contributed by atoms with E-state index in [9.17, 15) is 9.59 Å². The van der Waals surface area contributed by atoms with Crippen LogP contribution in [-0.4, -0.2) is 47.7 Å². The molecule has 20 heavy (non-hydrogen) atoms. The quantitative estimate of drug-likeness (QED) is 0.789. The van der Waals surface area contributed by atoms with Gasteiger partial charge >= 0.3 is 11.8 Å². The normalized spacial score (nSPS) is 21.7. The number of hydrogen-bond acceptors (Lipinski definition) is 6. The Labute approximate surface area is 120 Å². The summed E-state index contributed by atoms with van der Waals surface area (Å²) in [6.07, 6.45) is 0.860. The SMILES string of the molecule is CO[C@]1(CNC(=O)C(=O)Nc2cc(C)on2)CCSC1. The van der Waals surface area contributed by atoms with Gasteiger partial charge in [0.1, 0.15) is 5.76 Å². The Bertz CT molecular complexity index is 497. The van der Waals surface area contributed by atoms with Crippen LogP contribution in [-0.2, 0) is 14.3 Å². The number of methoxy groups -OCH3 is 1. The van der Waals surface area contributed by atoms with E-state index in [0.29, 0.717) is 12.3 Å². The summed E-state index contributed by atoms with van der Waals surface area (Å²) < 4.78 is 10.3. The predicted octanol–water partition coefficient (Wildman–Crippen LogP) is 0.560. The number of carbonyl (C=O) groups excluding carboxylic acids is 2. The number of amides is 2. The lowest BCUT2D eigenvalue weighted by Gasteiger charge is -2.26. The van der Waals surface area contributed by atoms with Crippen LogP contribution in [0.4, 0.5) is 5.82 Å². The smallest absolute Gasteiger partial charge is 0.314 e. The summed E-state index contributed by atoms with van der Waals surface area (Å²) in [6.45, 7) is 2.02. The van der Waals surface area contributed by atoms with Crippen LogP contribution >= 0.6 is 11.8 Å². The first-order valence-electron chi connectivity index (χ1n) is 6.20. The molecule has 0 spiro atoms. The Kier molecular flexibility index (Phi) is 4.66. The first-order valence-corrected chi connectivity index (χ1v) is 7.35. The highest BCUT2D eigenvalue weighted by Crippen LogP contribution is 2.30. The minimum Gasteiger partial charge on any atom is -0.376 e. The third-order valence-electron chi connectivity index (χ3n) is 3.15. The number of aryl methyl sites for hydroxylation is 1. The van der Waals surface area contributed by atoms with Gasteiger partial charge in [-0.25, -0.2) is 0 Å². The molecule has 0 unspecified atom stereocenters. The molecule has 1 aliphatic rings. The van der Waals surface area contributed by atoms with Crippen LogP contribution < -0.4 is 10.6 Å². The van der Waals surface area contributed by atoms with Crippen molar-refractivity contribution in [3.63, 3.8) is 0 Å². The van der Waals surface area contributed by atoms with E-state index in [4.69, 9.17) is 9.26 Å². The maximum Gasteiger partial charge on any atom is 0.314 e. The van der Waals surface area contributed by atoms with E-state index >= 15 is 0 Å². The van der Waals surface area contributed by atoms with Crippen LogP contribution in [0.5, 0.6) is 0 Å². The fraction of sp³-hybridized carbons (Fsp3) is 0.583. The van der Waals surface area contributed by atoms with Crippen LogP contribution in [0.25, 0.3) is 0 Å². The van der Waals surface area contributed by atoms with Crippen molar-refractivity contribution in [2.24, 2.45) is 0 Å². The number of nitrogens with zero attached hydrogens (tertiary/aromatic N) is 1. The summed E-state index contributed by atoms with van der Waals surface area (Å²) in [5.74, 6) is 1.11. The van der Waals surface area contributed by atoms with Crippen molar-refractivity contribution in [2.45, 2.75) is 18.9 Å². The van der Waals surface area contributed by atoms with E-state index in [1.54, 1.807) is 25.8 Å². The van der Waals surface area contributed by atoms with Gasteiger partial charge in [-0.1, -0.05) is 5.16 Å². The highest BCUT2D eigenvalue weighted by molar-refractivity contribution is 7.99. The monoisotopic (exact) mass is 299 g/mol. The van der Waals surface area contributed by atoms with Gasteiger partial charge in [0, 0.05) is 25.5 Å². The third kappa shape index (κ3) is 3.51. The topological polar surface area (TPSA) is 93.5 Å². The highest BCUT2D eigenvalue weighted by Gasteiger charge is 2.35. The third-order valence-corrected chi connectivity index (χ3v) is 4.37. The van der Waals surface area contributed by atoms with Gasteiger partial charge in [-0.2, -0.15) is 11.8 Å². The molecule has 1 aliphatic heterocycles. The summed E-state index contributed by atoms with van der Waals surface area (Å²) in [7, 11) is 1.62. The van der Waals surface area contributed by atoms with E-state index in [2.05, 4.69) is 15.8 Å². The Hall–Kier alpha value is -1.54. The number of anilines is 1. The number of hydrogen-bond donors (Lipinski definition) is 2. The van der Waals surface area contributed by atoms with Crippen LogP contribution in [0.15, 0.2) is 10.6 Å². The zero-order chi connectivity index (χ0) is 14.6. The fourth-order valence-electron chi connectivity index (χ4n) is 1.88. The molecule has 1 aromatic heterocycles. The average Bonchev–Trinajstić information content (AvgIpc) is 3.06. The van der Waals surface area contributed by atoms with Gasteiger partial charge in [0.15, 0.2) is 5.82 Å². The van der Waals surface area contributed by atoms with Crippen LogP contribution in [0.1, 0.15) is 12.2 Å². The molecule has 0 saturated carbocycles. The van der Waals surface area contributed by atoms with Gasteiger partial charge < -0.3 is 14.6 Å². The van der Waals surface area contributed by atoms with E-state index in [1.165, 1.54) is 6.07 Å². The molecule has 0 aromatic carbocycles. The minimum atomic E-state index is -0.768. The molecule has 0 bridgehead atoms. The van der Waals surface area contributed by atoms with E-state index in [1.807, 2.05) is 0 Å². The van der Waals surface area contributed by atoms with Crippen LogP contribution in [0, 0.1) is 6.92 Å². The summed E-state index contributed by atoms with van der Waals surface area (Å²) in [5, 5.41) is 8.55. The molecule has 8 heteroatoms. The van der Waals surface area contributed by atoms with E-state index < -0.39 is 11.8 Å². The maximum absolute atomic E-state index is 11.7. The van der Waals surface area contributed by atoms with Crippen molar-refractivity contribution in [2.75, 3.05) is 30.5 Å². The summed E-state index contributed by atoms with van der Waals surface area (Å²) in [4.78, 5) is 23.4. The van der Waals surface area contributed by atoms with Crippen LogP contribution in [0.3, 0.4) is 0 Å². The van der Waals surface area contributed by atoms with Crippen molar-refractivity contribution >= 4 is 29.4 Å². The molecule has 1 fully saturated rings. The second-order valence-corrected chi connectivity index (χ2v) is 5.75. The van der Waals surface area contributed by atoms with Gasteiger partial charge in [0.25, 0.3) is 0 Å². The molecule has 2 heterocycles. The van der Waals surface area contributed by atoms with Gasteiger partial charge in [-0.15, -0.1) is 0 Å². The molecule has 1 atom stereocenters. The minimum absolute atomic E-state index is 0.223. The van der Waals surface area contributed by atoms with Gasteiger partial charge in [0.2, 0.25) is 0 Å². The maximum atomic E-state index is 11.7. The Morgan fingerprint density at radius 2 is 2.35 bits per heavy atom. The first kappa shape index (κ1) is 14.9. The van der Waals surface area contributed by atoms with Crippen molar-refractivity contribution < 1.29 is 18.8 Å². The molecule has 2 N–H and O–H groups in total. The zero-order valence-electron chi connectivity index (χ0n) is 11.4. The van der Waals surface area contributed by atoms with Crippen molar-refractivity contribution in [3.8, 4) is 0 Å². The lowest BCUT2D eigenvalue weighted by Crippen LogP contribution is -2.47. The molecule has 110 valence electrons. The molecule has 7 nitrogen and oxygen atoms in total. The van der Waals surface area contributed by atoms with Crippen molar-refractivity contribution in [1.29, 1.82) is 0 Å². The summed E-state index contributed by atoms with van der Waals surface area (Å²) in [5.41, 5.74) is -0.370. The highest BCUT2D eigenvalue weighted by atomic mass is 32.2. The second kappa shape index (κ2) is 6.27. The first-order chi connectivity index (χ1) is 9.54. The van der Waals surface area contributed by atoms with Crippen LogP contribution in [0.2, 0.25) is 0 Å². The number of ether oxygens (including phenoxy) is 1. The fourth-order valence-corrected chi connectivity index (χ4v) is 3.28. The largest absolute Gasteiger partial charge is 0.376 e. The number of thioether (sulfide) groups is 1. The standard InChI is InChI=1S/C12H17N3O4S/c1-8-5-9(15-19-8)14-11(17)10(16)13-6-12(18-2)3-4-20-7-12/h5H,3-4,6-7H2,1-2H3,(H,13,16)(H,14,15,17)/t12-/m0/s1. The molecule has 0 aliphatic carbocycles. The van der Waals surface area contributed by atoms with Crippen molar-refractivity contribution in [1.82, 2.24) is 10.5 Å². The molecular formula is C12H17N3O4S. The Balaban J connectivity index is 1.83. The van der Waals surface area contributed by atoms with Crippen molar-refractivity contribution in [3.05, 3.63) is 11.8 Å². The lowest BCUT2D eigenvalue weighted by atomic mass is 10.0.